The first-order valence-corrected chi connectivity index (χ1v) is 12.6. The summed E-state index contributed by atoms with van der Waals surface area (Å²) in [5.74, 6) is 1.05. The Morgan fingerprint density at radius 1 is 1.19 bits per heavy atom. The van der Waals surface area contributed by atoms with Crippen LogP contribution < -0.4 is 5.32 Å². The Balaban J connectivity index is 1.50. The van der Waals surface area contributed by atoms with Crippen molar-refractivity contribution in [1.82, 2.24) is 25.4 Å². The van der Waals surface area contributed by atoms with Gasteiger partial charge >= 0.3 is 6.09 Å². The van der Waals surface area contributed by atoms with E-state index < -0.39 is 6.09 Å². The van der Waals surface area contributed by atoms with Crippen molar-refractivity contribution >= 4 is 12.1 Å². The van der Waals surface area contributed by atoms with Crippen molar-refractivity contribution in [2.24, 2.45) is 4.99 Å². The van der Waals surface area contributed by atoms with Crippen molar-refractivity contribution in [3.05, 3.63) is 71.2 Å². The maximum absolute atomic E-state index is 12.4. The number of hydrogen-bond acceptors (Lipinski definition) is 4. The van der Waals surface area contributed by atoms with Crippen LogP contribution in [0.25, 0.3) is 11.3 Å². The van der Waals surface area contributed by atoms with Crippen LogP contribution in [0.4, 0.5) is 4.79 Å². The second-order valence-electron chi connectivity index (χ2n) is 9.94. The number of likely N-dealkylation sites (tertiary alicyclic amines) is 1. The third-order valence-corrected chi connectivity index (χ3v) is 6.48. The zero-order valence-corrected chi connectivity index (χ0v) is 21.8. The molecular formula is C28H36N6O2. The molecule has 1 amide bonds. The summed E-state index contributed by atoms with van der Waals surface area (Å²) in [6.45, 7) is 12.2. The van der Waals surface area contributed by atoms with E-state index in [0.717, 1.165) is 36.3 Å². The van der Waals surface area contributed by atoms with Gasteiger partial charge in [-0.25, -0.2) is 4.79 Å². The van der Waals surface area contributed by atoms with Gasteiger partial charge in [0.05, 0.1) is 18.0 Å². The topological polar surface area (TPSA) is 95.5 Å². The lowest BCUT2D eigenvalue weighted by atomic mass is 9.96. The quantitative estimate of drug-likeness (QED) is 0.367. The van der Waals surface area contributed by atoms with Gasteiger partial charge in [0.2, 0.25) is 5.96 Å². The number of nitrogens with zero attached hydrogens (tertiary/aromatic N) is 4. The molecule has 0 saturated carbocycles. The molecule has 0 aliphatic carbocycles. The smallest absolute Gasteiger partial charge is 0.437 e. The number of H-pyrrole nitrogens is 1. The van der Waals surface area contributed by atoms with Crippen LogP contribution in [0.15, 0.2) is 53.9 Å². The third-order valence-electron chi connectivity index (χ3n) is 6.48. The number of hydrogen-bond donors (Lipinski definition) is 2. The molecule has 8 nitrogen and oxygen atoms in total. The molecule has 36 heavy (non-hydrogen) atoms. The van der Waals surface area contributed by atoms with Gasteiger partial charge < -0.3 is 15.0 Å². The molecule has 8 heteroatoms. The minimum atomic E-state index is -0.577. The Morgan fingerprint density at radius 2 is 1.92 bits per heavy atom. The maximum atomic E-state index is 12.4. The second kappa shape index (κ2) is 11.4. The Kier molecular flexibility index (Phi) is 8.03. The highest BCUT2D eigenvalue weighted by Crippen LogP contribution is 2.29. The molecule has 0 spiro atoms. The maximum Gasteiger partial charge on any atom is 0.437 e. The number of aryl methyl sites for hydroxylation is 2. The van der Waals surface area contributed by atoms with Crippen LogP contribution in [0.3, 0.4) is 0 Å². The molecule has 3 aromatic rings. The minimum Gasteiger partial charge on any atom is -0.445 e. The number of pyridine rings is 1. The SMILES string of the molecule is Cc1cc(C)cc(-c2[nH]ncc2[C@H](C)CNC(=NC(=O)OC(C)C)N2CCC(c3ccncc3)C2)c1. The highest BCUT2D eigenvalue weighted by Gasteiger charge is 2.27. The summed E-state index contributed by atoms with van der Waals surface area (Å²) in [6.07, 6.45) is 5.72. The molecule has 2 aromatic heterocycles. The molecule has 0 radical (unpaired) electrons. The van der Waals surface area contributed by atoms with Crippen molar-refractivity contribution in [2.45, 2.75) is 59.0 Å². The van der Waals surface area contributed by atoms with Gasteiger partial charge in [0.1, 0.15) is 0 Å². The summed E-state index contributed by atoms with van der Waals surface area (Å²) in [5, 5.41) is 11.0. The molecule has 1 aliphatic heterocycles. The first kappa shape index (κ1) is 25.4. The Bertz CT molecular complexity index is 1180. The fourth-order valence-corrected chi connectivity index (χ4v) is 4.77. The van der Waals surface area contributed by atoms with E-state index in [9.17, 15) is 4.79 Å². The van der Waals surface area contributed by atoms with Crippen LogP contribution in [0.1, 0.15) is 61.3 Å². The predicted octanol–water partition coefficient (Wildman–Crippen LogP) is 5.17. The first-order valence-electron chi connectivity index (χ1n) is 12.6. The van der Waals surface area contributed by atoms with Crippen molar-refractivity contribution in [2.75, 3.05) is 19.6 Å². The summed E-state index contributed by atoms with van der Waals surface area (Å²) in [4.78, 5) is 23.0. The molecule has 1 unspecified atom stereocenters. The van der Waals surface area contributed by atoms with Crippen LogP contribution in [-0.4, -0.2) is 57.9 Å². The summed E-state index contributed by atoms with van der Waals surface area (Å²) >= 11 is 0. The Hall–Kier alpha value is -3.68. The molecule has 2 N–H and O–H groups in total. The number of benzene rings is 1. The van der Waals surface area contributed by atoms with Crippen molar-refractivity contribution in [3.63, 3.8) is 0 Å². The first-order chi connectivity index (χ1) is 17.3. The van der Waals surface area contributed by atoms with Gasteiger partial charge in [0.25, 0.3) is 0 Å². The number of aliphatic imine (C=N–C) groups is 1. The molecule has 1 aliphatic rings. The van der Waals surface area contributed by atoms with Gasteiger partial charge in [-0.3, -0.25) is 10.1 Å². The Morgan fingerprint density at radius 3 is 2.61 bits per heavy atom. The third kappa shape index (κ3) is 6.30. The van der Waals surface area contributed by atoms with Crippen molar-refractivity contribution in [3.8, 4) is 11.3 Å². The fraction of sp³-hybridized carbons (Fsp3) is 0.429. The number of guanidine groups is 1. The van der Waals surface area contributed by atoms with Gasteiger partial charge in [-0.15, -0.1) is 4.99 Å². The van der Waals surface area contributed by atoms with E-state index in [1.54, 1.807) is 0 Å². The summed E-state index contributed by atoms with van der Waals surface area (Å²) < 4.78 is 5.31. The highest BCUT2D eigenvalue weighted by molar-refractivity contribution is 5.90. The Labute approximate surface area is 213 Å². The zero-order valence-electron chi connectivity index (χ0n) is 21.8. The monoisotopic (exact) mass is 488 g/mol. The van der Waals surface area contributed by atoms with Crippen LogP contribution >= 0.6 is 0 Å². The van der Waals surface area contributed by atoms with E-state index in [1.165, 1.54) is 16.7 Å². The van der Waals surface area contributed by atoms with Crippen LogP contribution in [0.5, 0.6) is 0 Å². The molecule has 2 atom stereocenters. The standard InChI is InChI=1S/C28H36N6O2/c1-18(2)36-28(35)32-27(34-11-8-23(17-34)22-6-9-29-10-7-22)30-15-21(5)25-16-31-33-26(25)24-13-19(3)12-20(4)14-24/h6-7,9-10,12-14,16,18,21,23H,8,11,15,17H2,1-5H3,(H,31,33)(H,30,32,35)/t21-,23?/m1/s1. The van der Waals surface area contributed by atoms with E-state index in [0.29, 0.717) is 18.4 Å². The number of rotatable bonds is 6. The molecule has 1 fully saturated rings. The van der Waals surface area contributed by atoms with E-state index in [4.69, 9.17) is 4.74 Å². The van der Waals surface area contributed by atoms with Crippen molar-refractivity contribution in [1.29, 1.82) is 0 Å². The van der Waals surface area contributed by atoms with E-state index in [2.05, 4.69) is 81.5 Å². The van der Waals surface area contributed by atoms with E-state index in [1.807, 2.05) is 32.4 Å². The molecule has 3 heterocycles. The number of amides is 1. The second-order valence-corrected chi connectivity index (χ2v) is 9.94. The number of aromatic amines is 1. The molecule has 0 bridgehead atoms. The van der Waals surface area contributed by atoms with Crippen molar-refractivity contribution < 1.29 is 9.53 Å². The van der Waals surface area contributed by atoms with Gasteiger partial charge in [-0.2, -0.15) is 5.10 Å². The summed E-state index contributed by atoms with van der Waals surface area (Å²) in [7, 11) is 0. The minimum absolute atomic E-state index is 0.129. The average molecular weight is 489 g/mol. The normalized spacial score (nSPS) is 16.9. The van der Waals surface area contributed by atoms with E-state index >= 15 is 0 Å². The number of nitrogens with one attached hydrogen (secondary N) is 2. The van der Waals surface area contributed by atoms with Gasteiger partial charge in [-0.05, 0) is 63.9 Å². The number of carbonyl (C=O) groups is 1. The molecule has 1 aromatic carbocycles. The lowest BCUT2D eigenvalue weighted by Crippen LogP contribution is -2.42. The van der Waals surface area contributed by atoms with Gasteiger partial charge in [-0.1, -0.05) is 24.1 Å². The van der Waals surface area contributed by atoms with E-state index in [-0.39, 0.29) is 12.0 Å². The number of ether oxygens (including phenoxy) is 1. The zero-order chi connectivity index (χ0) is 25.7. The predicted molar refractivity (Wildman–Crippen MR) is 142 cm³/mol. The van der Waals surface area contributed by atoms with Gasteiger partial charge in [0, 0.05) is 55.0 Å². The number of aromatic nitrogens is 3. The highest BCUT2D eigenvalue weighted by atomic mass is 16.6. The number of carbonyl (C=O) groups excluding carboxylic acids is 1. The van der Waals surface area contributed by atoms with Crippen LogP contribution in [0, 0.1) is 13.8 Å². The molecular weight excluding hydrogens is 452 g/mol. The van der Waals surface area contributed by atoms with Crippen LogP contribution in [-0.2, 0) is 4.74 Å². The largest absolute Gasteiger partial charge is 0.445 e. The summed E-state index contributed by atoms with van der Waals surface area (Å²) in [6, 6.07) is 10.6. The lowest BCUT2D eigenvalue weighted by molar-refractivity contribution is 0.125. The van der Waals surface area contributed by atoms with Gasteiger partial charge in [0.15, 0.2) is 0 Å². The fourth-order valence-electron chi connectivity index (χ4n) is 4.77. The average Bonchev–Trinajstić information content (AvgIpc) is 3.51. The lowest BCUT2D eigenvalue weighted by Gasteiger charge is -2.23. The molecule has 190 valence electrons. The van der Waals surface area contributed by atoms with Crippen LogP contribution in [0.2, 0.25) is 0 Å². The molecule has 1 saturated heterocycles. The summed E-state index contributed by atoms with van der Waals surface area (Å²) in [5.41, 5.74) is 6.95. The molecule has 4 rings (SSSR count).